The number of amides is 1. The third-order valence-electron chi connectivity index (χ3n) is 2.64. The van der Waals surface area contributed by atoms with E-state index in [1.54, 1.807) is 0 Å². The summed E-state index contributed by atoms with van der Waals surface area (Å²) < 4.78 is 5.68. The van der Waals surface area contributed by atoms with Gasteiger partial charge in [0.15, 0.2) is 0 Å². The molecule has 0 aliphatic carbocycles. The maximum Gasteiger partial charge on any atom is 0.217 e. The molecule has 4 nitrogen and oxygen atoms in total. The zero-order valence-electron chi connectivity index (χ0n) is 9.14. The van der Waals surface area contributed by atoms with Gasteiger partial charge < -0.3 is 15.2 Å². The molecule has 1 aliphatic rings. The summed E-state index contributed by atoms with van der Waals surface area (Å²) in [4.78, 5) is 10.8. The zero-order valence-corrected chi connectivity index (χ0v) is 9.14. The van der Waals surface area contributed by atoms with E-state index in [4.69, 9.17) is 4.74 Å². The quantitative estimate of drug-likeness (QED) is 0.783. The Balaban J connectivity index is 2.06. The normalized spacial score (nSPS) is 23.1. The van der Waals surface area contributed by atoms with Crippen LogP contribution in [-0.4, -0.2) is 23.7 Å². The Morgan fingerprint density at radius 2 is 2.31 bits per heavy atom. The van der Waals surface area contributed by atoms with E-state index in [0.717, 1.165) is 5.56 Å². The van der Waals surface area contributed by atoms with E-state index in [1.165, 1.54) is 6.92 Å². The standard InChI is InChI=1S/C12H15NO3/c1-8(14)13-7-9-6-11(15)10-4-2-3-5-12(10)16-9/h2-5,9,11,15H,6-7H2,1H3,(H,13,14)/t9-,11?/m0/s1. The summed E-state index contributed by atoms with van der Waals surface area (Å²) in [6.45, 7) is 1.90. The Morgan fingerprint density at radius 3 is 3.06 bits per heavy atom. The van der Waals surface area contributed by atoms with Crippen LogP contribution in [0.3, 0.4) is 0 Å². The molecule has 0 fully saturated rings. The van der Waals surface area contributed by atoms with Crippen LogP contribution in [0.5, 0.6) is 5.75 Å². The van der Waals surface area contributed by atoms with Crippen LogP contribution in [0.25, 0.3) is 0 Å². The third kappa shape index (κ3) is 2.33. The lowest BCUT2D eigenvalue weighted by Crippen LogP contribution is -2.37. The van der Waals surface area contributed by atoms with Gasteiger partial charge in [0, 0.05) is 18.9 Å². The van der Waals surface area contributed by atoms with Crippen molar-refractivity contribution in [3.63, 3.8) is 0 Å². The van der Waals surface area contributed by atoms with Crippen molar-refractivity contribution in [3.05, 3.63) is 29.8 Å². The van der Waals surface area contributed by atoms with Crippen LogP contribution in [0.2, 0.25) is 0 Å². The van der Waals surface area contributed by atoms with Gasteiger partial charge in [0.2, 0.25) is 5.91 Å². The lowest BCUT2D eigenvalue weighted by molar-refractivity contribution is -0.119. The summed E-state index contributed by atoms with van der Waals surface area (Å²) in [6.07, 6.45) is -0.158. The number of rotatable bonds is 2. The van der Waals surface area contributed by atoms with Gasteiger partial charge in [0.1, 0.15) is 11.9 Å². The topological polar surface area (TPSA) is 58.6 Å². The molecule has 0 bridgehead atoms. The molecule has 1 aromatic carbocycles. The van der Waals surface area contributed by atoms with Crippen LogP contribution in [0.1, 0.15) is 25.0 Å². The van der Waals surface area contributed by atoms with Gasteiger partial charge in [0.05, 0.1) is 12.6 Å². The number of hydrogen-bond acceptors (Lipinski definition) is 3. The molecule has 16 heavy (non-hydrogen) atoms. The second-order valence-corrected chi connectivity index (χ2v) is 3.97. The molecule has 0 spiro atoms. The van der Waals surface area contributed by atoms with Gasteiger partial charge >= 0.3 is 0 Å². The minimum absolute atomic E-state index is 0.0862. The van der Waals surface area contributed by atoms with Crippen LogP contribution >= 0.6 is 0 Å². The van der Waals surface area contributed by atoms with Crippen LogP contribution in [0.15, 0.2) is 24.3 Å². The van der Waals surface area contributed by atoms with E-state index in [0.29, 0.717) is 18.7 Å². The number of carbonyl (C=O) groups excluding carboxylic acids is 1. The third-order valence-corrected chi connectivity index (χ3v) is 2.64. The van der Waals surface area contributed by atoms with E-state index in [2.05, 4.69) is 5.32 Å². The Kier molecular flexibility index (Phi) is 3.10. The average molecular weight is 221 g/mol. The largest absolute Gasteiger partial charge is 0.488 e. The highest BCUT2D eigenvalue weighted by atomic mass is 16.5. The van der Waals surface area contributed by atoms with Crippen LogP contribution < -0.4 is 10.1 Å². The predicted molar refractivity (Wildman–Crippen MR) is 59.1 cm³/mol. The molecule has 1 aliphatic heterocycles. The molecule has 0 saturated heterocycles. The first-order valence-electron chi connectivity index (χ1n) is 5.35. The molecule has 86 valence electrons. The van der Waals surface area contributed by atoms with Crippen molar-refractivity contribution >= 4 is 5.91 Å². The maximum absolute atomic E-state index is 10.8. The molecule has 0 saturated carbocycles. The highest BCUT2D eigenvalue weighted by molar-refractivity contribution is 5.72. The molecule has 4 heteroatoms. The number of aliphatic hydroxyl groups excluding tert-OH is 1. The van der Waals surface area contributed by atoms with E-state index in [9.17, 15) is 9.90 Å². The minimum Gasteiger partial charge on any atom is -0.488 e. The zero-order chi connectivity index (χ0) is 11.5. The van der Waals surface area contributed by atoms with Crippen molar-refractivity contribution in [2.45, 2.75) is 25.6 Å². The molecular weight excluding hydrogens is 206 g/mol. The van der Waals surface area contributed by atoms with E-state index in [-0.39, 0.29) is 12.0 Å². The van der Waals surface area contributed by atoms with Gasteiger partial charge in [-0.05, 0) is 6.07 Å². The molecule has 0 aromatic heterocycles. The molecule has 1 heterocycles. The smallest absolute Gasteiger partial charge is 0.217 e. The Labute approximate surface area is 94.2 Å². The first-order chi connectivity index (χ1) is 7.66. The van der Waals surface area contributed by atoms with Crippen LogP contribution in [0.4, 0.5) is 0 Å². The summed E-state index contributed by atoms with van der Waals surface area (Å²) in [5, 5.41) is 12.6. The van der Waals surface area contributed by atoms with E-state index >= 15 is 0 Å². The van der Waals surface area contributed by atoms with Crippen molar-refractivity contribution in [2.24, 2.45) is 0 Å². The molecule has 1 aromatic rings. The molecule has 1 unspecified atom stereocenters. The highest BCUT2D eigenvalue weighted by Crippen LogP contribution is 2.33. The summed E-state index contributed by atoms with van der Waals surface area (Å²) in [7, 11) is 0. The van der Waals surface area contributed by atoms with Crippen LogP contribution in [0, 0.1) is 0 Å². The summed E-state index contributed by atoms with van der Waals surface area (Å²) in [5.74, 6) is 0.619. The summed E-state index contributed by atoms with van der Waals surface area (Å²) in [6, 6.07) is 7.43. The first-order valence-corrected chi connectivity index (χ1v) is 5.35. The van der Waals surface area contributed by atoms with Crippen molar-refractivity contribution < 1.29 is 14.6 Å². The second kappa shape index (κ2) is 4.53. The predicted octanol–water partition coefficient (Wildman–Crippen LogP) is 1.01. The number of nitrogens with one attached hydrogen (secondary N) is 1. The lowest BCUT2D eigenvalue weighted by atomic mass is 9.99. The van der Waals surface area contributed by atoms with Gasteiger partial charge in [-0.2, -0.15) is 0 Å². The average Bonchev–Trinajstić information content (AvgIpc) is 2.26. The minimum atomic E-state index is -0.510. The van der Waals surface area contributed by atoms with E-state index < -0.39 is 6.10 Å². The van der Waals surface area contributed by atoms with Gasteiger partial charge in [0.25, 0.3) is 0 Å². The second-order valence-electron chi connectivity index (χ2n) is 3.97. The molecule has 2 rings (SSSR count). The van der Waals surface area contributed by atoms with Crippen molar-refractivity contribution in [2.75, 3.05) is 6.54 Å². The van der Waals surface area contributed by atoms with Crippen molar-refractivity contribution in [1.82, 2.24) is 5.32 Å². The monoisotopic (exact) mass is 221 g/mol. The number of para-hydroxylation sites is 1. The fourth-order valence-electron chi connectivity index (χ4n) is 1.85. The molecule has 0 radical (unpaired) electrons. The first kappa shape index (κ1) is 11.0. The van der Waals surface area contributed by atoms with Gasteiger partial charge in [-0.25, -0.2) is 0 Å². The number of benzene rings is 1. The Bertz CT molecular complexity index is 392. The van der Waals surface area contributed by atoms with Crippen molar-refractivity contribution in [1.29, 1.82) is 0 Å². The fourth-order valence-corrected chi connectivity index (χ4v) is 1.85. The Morgan fingerprint density at radius 1 is 1.56 bits per heavy atom. The van der Waals surface area contributed by atoms with E-state index in [1.807, 2.05) is 24.3 Å². The summed E-state index contributed by atoms with van der Waals surface area (Å²) in [5.41, 5.74) is 0.821. The van der Waals surface area contributed by atoms with Gasteiger partial charge in [-0.1, -0.05) is 18.2 Å². The van der Waals surface area contributed by atoms with Gasteiger partial charge in [-0.15, -0.1) is 0 Å². The van der Waals surface area contributed by atoms with Crippen LogP contribution in [-0.2, 0) is 4.79 Å². The van der Waals surface area contributed by atoms with Gasteiger partial charge in [-0.3, -0.25) is 4.79 Å². The molecule has 2 atom stereocenters. The summed E-state index contributed by atoms with van der Waals surface area (Å²) >= 11 is 0. The lowest BCUT2D eigenvalue weighted by Gasteiger charge is -2.29. The number of hydrogen-bond donors (Lipinski definition) is 2. The fraction of sp³-hybridized carbons (Fsp3) is 0.417. The molecule has 1 amide bonds. The molecule has 2 N–H and O–H groups in total. The number of fused-ring (bicyclic) bond motifs is 1. The maximum atomic E-state index is 10.8. The number of carbonyl (C=O) groups is 1. The number of ether oxygens (including phenoxy) is 1. The molecular formula is C12H15NO3. The highest BCUT2D eigenvalue weighted by Gasteiger charge is 2.26. The number of aliphatic hydroxyl groups is 1. The SMILES string of the molecule is CC(=O)NC[C@@H]1CC(O)c2ccccc2O1. The van der Waals surface area contributed by atoms with Crippen molar-refractivity contribution in [3.8, 4) is 5.75 Å². The Hall–Kier alpha value is -1.55.